The van der Waals surface area contributed by atoms with Gasteiger partial charge in [0.05, 0.1) is 16.6 Å². The summed E-state index contributed by atoms with van der Waals surface area (Å²) in [5, 5.41) is 34.5. The first-order valence-electron chi connectivity index (χ1n) is 13.9. The molecule has 0 unspecified atom stereocenters. The zero-order valence-electron chi connectivity index (χ0n) is 24.0. The molecule has 0 heterocycles. The maximum absolute atomic E-state index is 14.9. The minimum Gasteiger partial charge on any atom is -0.506 e. The first-order chi connectivity index (χ1) is 18.1. The second kappa shape index (κ2) is 9.97. The summed E-state index contributed by atoms with van der Waals surface area (Å²) in [7, 11) is 0. The third kappa shape index (κ3) is 4.76. The Hall–Kier alpha value is -2.83. The fraction of sp³-hybridized carbons (Fsp3) is 0.545. The second-order valence-electron chi connectivity index (χ2n) is 13.1. The van der Waals surface area contributed by atoms with Crippen molar-refractivity contribution in [2.75, 3.05) is 0 Å². The lowest BCUT2D eigenvalue weighted by Gasteiger charge is -2.54. The molecular formula is C33H42O6. The van der Waals surface area contributed by atoms with Gasteiger partial charge in [-0.25, -0.2) is 0 Å². The summed E-state index contributed by atoms with van der Waals surface area (Å²) in [5.74, 6) is -3.17. The van der Waals surface area contributed by atoms with Gasteiger partial charge in [0.25, 0.3) is 0 Å². The Balaban J connectivity index is 2.04. The van der Waals surface area contributed by atoms with Gasteiger partial charge < -0.3 is 15.3 Å². The van der Waals surface area contributed by atoms with Gasteiger partial charge in [-0.1, -0.05) is 53.6 Å². The zero-order valence-corrected chi connectivity index (χ0v) is 24.0. The number of hydrogen-bond acceptors (Lipinski definition) is 6. The quantitative estimate of drug-likeness (QED) is 0.147. The largest absolute Gasteiger partial charge is 0.506 e. The van der Waals surface area contributed by atoms with E-state index >= 15 is 0 Å². The third-order valence-electron chi connectivity index (χ3n) is 9.47. The predicted molar refractivity (Wildman–Crippen MR) is 151 cm³/mol. The van der Waals surface area contributed by atoms with E-state index in [1.54, 1.807) is 44.2 Å². The van der Waals surface area contributed by atoms with E-state index in [0.717, 1.165) is 11.1 Å². The number of hydrogen-bond donors (Lipinski definition) is 3. The highest BCUT2D eigenvalue weighted by atomic mass is 16.3. The molecule has 6 nitrogen and oxygen atoms in total. The Morgan fingerprint density at radius 1 is 0.872 bits per heavy atom. The van der Waals surface area contributed by atoms with E-state index in [9.17, 15) is 29.7 Å². The van der Waals surface area contributed by atoms with Gasteiger partial charge in [-0.3, -0.25) is 14.4 Å². The molecule has 3 aliphatic rings. The van der Waals surface area contributed by atoms with E-state index in [2.05, 4.69) is 0 Å². The molecule has 3 fully saturated rings. The van der Waals surface area contributed by atoms with Crippen LogP contribution in [0.1, 0.15) is 85.6 Å². The first kappa shape index (κ1) is 29.2. The molecule has 3 N–H and O–H groups in total. The Morgan fingerprint density at radius 3 is 1.97 bits per heavy atom. The fourth-order valence-corrected chi connectivity index (χ4v) is 7.32. The topological polar surface area (TPSA) is 112 Å². The van der Waals surface area contributed by atoms with Gasteiger partial charge in [0, 0.05) is 5.56 Å². The number of carbonyl (C=O) groups excluding carboxylic acids is 3. The summed E-state index contributed by atoms with van der Waals surface area (Å²) in [5.41, 5.74) is -4.19. The van der Waals surface area contributed by atoms with Crippen molar-refractivity contribution in [1.29, 1.82) is 0 Å². The Kier molecular flexibility index (Phi) is 7.46. The maximum atomic E-state index is 14.9. The normalized spacial score (nSPS) is 35.0. The smallest absolute Gasteiger partial charge is 0.184 e. The van der Waals surface area contributed by atoms with E-state index in [1.807, 2.05) is 39.8 Å². The second-order valence-corrected chi connectivity index (χ2v) is 13.1. The van der Waals surface area contributed by atoms with E-state index in [4.69, 9.17) is 0 Å². The molecule has 3 saturated carbocycles. The number of rotatable bonds is 5. The van der Waals surface area contributed by atoms with Crippen molar-refractivity contribution < 1.29 is 29.7 Å². The number of allylic oxidation sites excluding steroid dienone is 5. The standard InChI is InChI=1S/C33H42O6/c1-20(2)12-16-32(17-13-21(3)4)27(35)25(26(34)22-10-8-7-9-11-22)28(36)33(29(32)37)18-24-23(31(6,39)19-33)14-15-30(24,5)38/h7-13,23-24,34,38-39H,14-19H2,1-6H3/t23-,24+,30-,31+,33+/m1/s1. The molecule has 0 bridgehead atoms. The van der Waals surface area contributed by atoms with Crippen LogP contribution in [0, 0.1) is 22.7 Å². The SMILES string of the molecule is CC(C)=CCC1(CC=C(C)C)C(=O)C(=C(O)c2ccccc2)C(=O)[C@@]2(C[C@H]3[C@@H](CC[C@@]3(C)O)[C@@](C)(O)C2)C1=O. The van der Waals surface area contributed by atoms with Crippen molar-refractivity contribution in [3.8, 4) is 0 Å². The first-order valence-corrected chi connectivity index (χ1v) is 13.9. The monoisotopic (exact) mass is 534 g/mol. The molecular weight excluding hydrogens is 492 g/mol. The van der Waals surface area contributed by atoms with Crippen molar-refractivity contribution in [2.24, 2.45) is 22.7 Å². The number of aliphatic hydroxyl groups excluding tert-OH is 1. The van der Waals surface area contributed by atoms with Gasteiger partial charge in [-0.05, 0) is 91.9 Å². The summed E-state index contributed by atoms with van der Waals surface area (Å²) in [6, 6.07) is 8.42. The molecule has 6 heteroatoms. The van der Waals surface area contributed by atoms with Crippen molar-refractivity contribution in [1.82, 2.24) is 0 Å². The molecule has 0 saturated heterocycles. The van der Waals surface area contributed by atoms with Crippen molar-refractivity contribution in [2.45, 2.75) is 91.3 Å². The number of fused-ring (bicyclic) bond motifs is 1. The summed E-state index contributed by atoms with van der Waals surface area (Å²) < 4.78 is 0. The molecule has 5 atom stereocenters. The molecule has 1 aromatic carbocycles. The van der Waals surface area contributed by atoms with Crippen LogP contribution in [-0.4, -0.2) is 43.9 Å². The van der Waals surface area contributed by atoms with Crippen LogP contribution in [0.15, 0.2) is 59.2 Å². The Morgan fingerprint density at radius 2 is 1.44 bits per heavy atom. The molecule has 1 spiro atoms. The maximum Gasteiger partial charge on any atom is 0.184 e. The van der Waals surface area contributed by atoms with Crippen LogP contribution >= 0.6 is 0 Å². The van der Waals surface area contributed by atoms with Gasteiger partial charge >= 0.3 is 0 Å². The van der Waals surface area contributed by atoms with Crippen LogP contribution in [0.2, 0.25) is 0 Å². The lowest BCUT2D eigenvalue weighted by atomic mass is 9.47. The van der Waals surface area contributed by atoms with Crippen molar-refractivity contribution in [3.05, 3.63) is 64.8 Å². The van der Waals surface area contributed by atoms with Gasteiger partial charge in [-0.2, -0.15) is 0 Å². The average molecular weight is 535 g/mol. The van der Waals surface area contributed by atoms with E-state index < -0.39 is 51.1 Å². The molecule has 39 heavy (non-hydrogen) atoms. The fourth-order valence-electron chi connectivity index (χ4n) is 7.32. The van der Waals surface area contributed by atoms with Crippen LogP contribution in [0.3, 0.4) is 0 Å². The summed E-state index contributed by atoms with van der Waals surface area (Å²) in [6.07, 6.45) is 4.74. The van der Waals surface area contributed by atoms with Crippen LogP contribution in [0.4, 0.5) is 0 Å². The van der Waals surface area contributed by atoms with Crippen LogP contribution in [0.25, 0.3) is 5.76 Å². The number of ketones is 3. The summed E-state index contributed by atoms with van der Waals surface area (Å²) in [4.78, 5) is 43.8. The number of carbonyl (C=O) groups is 3. The van der Waals surface area contributed by atoms with E-state index in [0.29, 0.717) is 18.4 Å². The molecule has 4 rings (SSSR count). The summed E-state index contributed by atoms with van der Waals surface area (Å²) in [6.45, 7) is 10.9. The highest BCUT2D eigenvalue weighted by Gasteiger charge is 2.70. The third-order valence-corrected chi connectivity index (χ3v) is 9.47. The van der Waals surface area contributed by atoms with E-state index in [-0.39, 0.29) is 37.2 Å². The zero-order chi connectivity index (χ0) is 29.0. The van der Waals surface area contributed by atoms with Crippen LogP contribution < -0.4 is 0 Å². The van der Waals surface area contributed by atoms with Gasteiger partial charge in [0.15, 0.2) is 17.3 Å². The van der Waals surface area contributed by atoms with Crippen molar-refractivity contribution >= 4 is 23.1 Å². The van der Waals surface area contributed by atoms with Gasteiger partial charge in [-0.15, -0.1) is 0 Å². The molecule has 210 valence electrons. The van der Waals surface area contributed by atoms with Crippen LogP contribution in [0.5, 0.6) is 0 Å². The lowest BCUT2D eigenvalue weighted by Crippen LogP contribution is -2.65. The summed E-state index contributed by atoms with van der Waals surface area (Å²) >= 11 is 0. The predicted octanol–water partition coefficient (Wildman–Crippen LogP) is 5.68. The Labute approximate surface area is 231 Å². The molecule has 0 amide bonds. The number of aliphatic hydroxyl groups is 3. The molecule has 0 radical (unpaired) electrons. The lowest BCUT2D eigenvalue weighted by molar-refractivity contribution is -0.175. The van der Waals surface area contributed by atoms with Gasteiger partial charge in [0.1, 0.15) is 16.7 Å². The van der Waals surface area contributed by atoms with Crippen LogP contribution in [-0.2, 0) is 14.4 Å². The van der Waals surface area contributed by atoms with Crippen molar-refractivity contribution in [3.63, 3.8) is 0 Å². The average Bonchev–Trinajstić information content (AvgIpc) is 3.17. The minimum atomic E-state index is -1.75. The molecule has 0 aromatic heterocycles. The highest BCUT2D eigenvalue weighted by Crippen LogP contribution is 2.62. The molecule has 0 aliphatic heterocycles. The number of benzene rings is 1. The highest BCUT2D eigenvalue weighted by molar-refractivity contribution is 6.41. The van der Waals surface area contributed by atoms with E-state index in [1.165, 1.54) is 0 Å². The molecule has 3 aliphatic carbocycles. The Bertz CT molecular complexity index is 1250. The minimum absolute atomic E-state index is 0.0305. The number of Topliss-reactive ketones (excluding diaryl/α,β-unsaturated/α-hetero) is 3. The molecule has 1 aromatic rings. The van der Waals surface area contributed by atoms with Gasteiger partial charge in [0.2, 0.25) is 0 Å².